The number of hydrogen-bond donors (Lipinski definition) is 0. The van der Waals surface area contributed by atoms with Gasteiger partial charge >= 0.3 is 12.1 Å². The molecule has 1 heterocycles. The van der Waals surface area contributed by atoms with E-state index in [0.29, 0.717) is 6.42 Å². The number of fused-ring (bicyclic) bond motifs is 1. The summed E-state index contributed by atoms with van der Waals surface area (Å²) < 4.78 is 43.9. The van der Waals surface area contributed by atoms with Gasteiger partial charge in [-0.05, 0) is 29.8 Å². The number of amides is 1. The van der Waals surface area contributed by atoms with Crippen LogP contribution in [-0.2, 0) is 16.0 Å². The zero-order chi connectivity index (χ0) is 17.2. The SMILES string of the molecule is CN(C)C(=S)OC1CN(C(=O)C(F)(F)F)CCc2ccccc21. The lowest BCUT2D eigenvalue weighted by atomic mass is 10.0. The number of benzene rings is 1. The second kappa shape index (κ2) is 6.74. The van der Waals surface area contributed by atoms with Crippen molar-refractivity contribution in [1.82, 2.24) is 9.80 Å². The number of ether oxygens (including phenoxy) is 1. The molecule has 1 atom stereocenters. The number of alkyl halides is 3. The molecule has 1 aromatic carbocycles. The van der Waals surface area contributed by atoms with Crippen LogP contribution in [0.25, 0.3) is 0 Å². The van der Waals surface area contributed by atoms with E-state index in [1.54, 1.807) is 37.2 Å². The number of hydrogen-bond acceptors (Lipinski definition) is 3. The van der Waals surface area contributed by atoms with Gasteiger partial charge in [-0.1, -0.05) is 24.3 Å². The maximum atomic E-state index is 12.7. The Hall–Kier alpha value is -1.83. The number of nitrogens with zero attached hydrogens (tertiary/aromatic N) is 2. The van der Waals surface area contributed by atoms with Crippen LogP contribution in [0.15, 0.2) is 24.3 Å². The summed E-state index contributed by atoms with van der Waals surface area (Å²) in [4.78, 5) is 13.9. The van der Waals surface area contributed by atoms with Gasteiger partial charge in [0.1, 0.15) is 6.10 Å². The Bertz CT molecular complexity index is 605. The molecule has 0 aliphatic carbocycles. The van der Waals surface area contributed by atoms with Crippen LogP contribution in [0.5, 0.6) is 0 Å². The van der Waals surface area contributed by atoms with E-state index >= 15 is 0 Å². The minimum Gasteiger partial charge on any atom is -0.461 e. The Morgan fingerprint density at radius 1 is 1.35 bits per heavy atom. The largest absolute Gasteiger partial charge is 0.471 e. The Labute approximate surface area is 137 Å². The van der Waals surface area contributed by atoms with Crippen LogP contribution in [0.2, 0.25) is 0 Å². The average Bonchev–Trinajstić information content (AvgIpc) is 2.65. The summed E-state index contributed by atoms with van der Waals surface area (Å²) >= 11 is 5.09. The van der Waals surface area contributed by atoms with Gasteiger partial charge in [-0.25, -0.2) is 0 Å². The molecule has 0 fully saturated rings. The number of halogens is 3. The normalized spacial score (nSPS) is 18.0. The Morgan fingerprint density at radius 3 is 2.61 bits per heavy atom. The summed E-state index contributed by atoms with van der Waals surface area (Å²) in [6.07, 6.45) is -5.29. The molecule has 1 unspecified atom stereocenters. The smallest absolute Gasteiger partial charge is 0.461 e. The van der Waals surface area contributed by atoms with Crippen LogP contribution in [0.3, 0.4) is 0 Å². The fourth-order valence-corrected chi connectivity index (χ4v) is 2.53. The summed E-state index contributed by atoms with van der Waals surface area (Å²) in [6, 6.07) is 7.21. The fourth-order valence-electron chi connectivity index (χ4n) is 2.41. The Balaban J connectivity index is 2.30. The molecule has 1 amide bonds. The zero-order valence-electron chi connectivity index (χ0n) is 12.8. The quantitative estimate of drug-likeness (QED) is 0.732. The average molecular weight is 346 g/mol. The number of carbonyl (C=O) groups is 1. The molecule has 0 N–H and O–H groups in total. The zero-order valence-corrected chi connectivity index (χ0v) is 13.6. The molecule has 1 aromatic rings. The van der Waals surface area contributed by atoms with Gasteiger partial charge in [-0.2, -0.15) is 13.2 Å². The molecule has 126 valence electrons. The molecule has 1 aliphatic heterocycles. The minimum absolute atomic E-state index is 0.00998. The highest BCUT2D eigenvalue weighted by Gasteiger charge is 2.44. The van der Waals surface area contributed by atoms with Crippen LogP contribution < -0.4 is 0 Å². The number of rotatable bonds is 1. The van der Waals surface area contributed by atoms with E-state index in [9.17, 15) is 18.0 Å². The first kappa shape index (κ1) is 17.5. The topological polar surface area (TPSA) is 32.8 Å². The molecule has 23 heavy (non-hydrogen) atoms. The van der Waals surface area contributed by atoms with E-state index < -0.39 is 18.2 Å². The van der Waals surface area contributed by atoms with Crippen molar-refractivity contribution in [2.24, 2.45) is 0 Å². The highest BCUT2D eigenvalue weighted by molar-refractivity contribution is 7.80. The molecule has 0 spiro atoms. The van der Waals surface area contributed by atoms with Gasteiger partial charge in [0.05, 0.1) is 6.54 Å². The summed E-state index contributed by atoms with van der Waals surface area (Å²) in [6.45, 7) is -0.201. The molecule has 8 heteroatoms. The van der Waals surface area contributed by atoms with Crippen LogP contribution >= 0.6 is 12.2 Å². The van der Waals surface area contributed by atoms with Crippen molar-refractivity contribution < 1.29 is 22.7 Å². The molecular formula is C15H17F3N2O2S. The highest BCUT2D eigenvalue weighted by atomic mass is 32.1. The molecule has 0 bridgehead atoms. The number of carbonyl (C=O) groups excluding carboxylic acids is 1. The van der Waals surface area contributed by atoms with E-state index in [4.69, 9.17) is 17.0 Å². The molecule has 0 radical (unpaired) electrons. The van der Waals surface area contributed by atoms with Crippen LogP contribution in [0.4, 0.5) is 13.2 Å². The first-order chi connectivity index (χ1) is 10.7. The second-order valence-electron chi connectivity index (χ2n) is 5.46. The molecule has 0 saturated heterocycles. The van der Waals surface area contributed by atoms with Gasteiger partial charge in [-0.3, -0.25) is 4.79 Å². The maximum Gasteiger partial charge on any atom is 0.471 e. The standard InChI is InChI=1S/C15H17F3N2O2S/c1-19(2)14(23)22-12-9-20(13(21)15(16,17)18)8-7-10-5-3-4-6-11(10)12/h3-6,12H,7-9H2,1-2H3. The van der Waals surface area contributed by atoms with E-state index in [1.807, 2.05) is 6.07 Å². The van der Waals surface area contributed by atoms with Crippen molar-refractivity contribution in [2.45, 2.75) is 18.7 Å². The molecule has 1 aliphatic rings. The van der Waals surface area contributed by atoms with Gasteiger partial charge < -0.3 is 14.5 Å². The molecule has 0 saturated carbocycles. The minimum atomic E-state index is -4.90. The molecule has 0 aromatic heterocycles. The summed E-state index contributed by atoms with van der Waals surface area (Å²) in [7, 11) is 3.37. The van der Waals surface area contributed by atoms with Crippen molar-refractivity contribution in [3.63, 3.8) is 0 Å². The van der Waals surface area contributed by atoms with E-state index in [1.165, 1.54) is 0 Å². The first-order valence-electron chi connectivity index (χ1n) is 7.02. The van der Waals surface area contributed by atoms with Crippen molar-refractivity contribution in [2.75, 3.05) is 27.2 Å². The Morgan fingerprint density at radius 2 is 2.00 bits per heavy atom. The fraction of sp³-hybridized carbons (Fsp3) is 0.467. The Kier molecular flexibility index (Phi) is 5.13. The molecular weight excluding hydrogens is 329 g/mol. The predicted octanol–water partition coefficient (Wildman–Crippen LogP) is 2.54. The second-order valence-corrected chi connectivity index (χ2v) is 5.81. The van der Waals surface area contributed by atoms with Gasteiger partial charge in [0.15, 0.2) is 0 Å². The van der Waals surface area contributed by atoms with Crippen molar-refractivity contribution in [3.8, 4) is 0 Å². The van der Waals surface area contributed by atoms with Gasteiger partial charge in [-0.15, -0.1) is 0 Å². The van der Waals surface area contributed by atoms with Crippen LogP contribution in [0.1, 0.15) is 17.2 Å². The maximum absolute atomic E-state index is 12.7. The molecule has 2 rings (SSSR count). The lowest BCUT2D eigenvalue weighted by Gasteiger charge is -2.27. The lowest BCUT2D eigenvalue weighted by molar-refractivity contribution is -0.186. The number of thiocarbonyl (C=S) groups is 1. The third-order valence-electron chi connectivity index (χ3n) is 3.58. The van der Waals surface area contributed by atoms with Crippen molar-refractivity contribution >= 4 is 23.3 Å². The lowest BCUT2D eigenvalue weighted by Crippen LogP contribution is -2.43. The van der Waals surface area contributed by atoms with Gasteiger partial charge in [0, 0.05) is 20.6 Å². The van der Waals surface area contributed by atoms with E-state index in [-0.39, 0.29) is 18.3 Å². The predicted molar refractivity (Wildman–Crippen MR) is 82.9 cm³/mol. The van der Waals surface area contributed by atoms with Gasteiger partial charge in [0.2, 0.25) is 0 Å². The first-order valence-corrected chi connectivity index (χ1v) is 7.43. The highest BCUT2D eigenvalue weighted by Crippen LogP contribution is 2.29. The van der Waals surface area contributed by atoms with Crippen molar-refractivity contribution in [1.29, 1.82) is 0 Å². The van der Waals surface area contributed by atoms with Crippen LogP contribution in [0, 0.1) is 0 Å². The van der Waals surface area contributed by atoms with Gasteiger partial charge in [0.25, 0.3) is 5.17 Å². The summed E-state index contributed by atoms with van der Waals surface area (Å²) in [5, 5.41) is 0.158. The summed E-state index contributed by atoms with van der Waals surface area (Å²) in [5.41, 5.74) is 1.62. The van der Waals surface area contributed by atoms with Crippen LogP contribution in [-0.4, -0.2) is 54.2 Å². The van der Waals surface area contributed by atoms with Crippen molar-refractivity contribution in [3.05, 3.63) is 35.4 Å². The van der Waals surface area contributed by atoms with E-state index in [0.717, 1.165) is 16.0 Å². The third-order valence-corrected chi connectivity index (χ3v) is 4.04. The van der Waals surface area contributed by atoms with E-state index in [2.05, 4.69) is 0 Å². The third kappa shape index (κ3) is 4.13. The monoisotopic (exact) mass is 346 g/mol. The molecule has 4 nitrogen and oxygen atoms in total. The summed E-state index contributed by atoms with van der Waals surface area (Å²) in [5.74, 6) is -1.85.